The molecule has 0 radical (unpaired) electrons. The van der Waals surface area contributed by atoms with E-state index in [9.17, 15) is 9.59 Å². The van der Waals surface area contributed by atoms with Crippen molar-refractivity contribution in [2.75, 3.05) is 18.6 Å². The number of ether oxygens (including phenoxy) is 2. The zero-order chi connectivity index (χ0) is 21.0. The quantitative estimate of drug-likeness (QED) is 0.520. The van der Waals surface area contributed by atoms with Crippen molar-refractivity contribution in [2.24, 2.45) is 0 Å². The van der Waals surface area contributed by atoms with E-state index in [4.69, 9.17) is 26.8 Å². The largest absolute Gasteiger partial charge is 0.493 e. The normalized spacial score (nSPS) is 15.1. The highest BCUT2D eigenvalue weighted by molar-refractivity contribution is 8.27. The first-order valence-corrected chi connectivity index (χ1v) is 9.99. The van der Waals surface area contributed by atoms with Gasteiger partial charge in [0.05, 0.1) is 30.7 Å². The third-order valence-corrected chi connectivity index (χ3v) is 5.41. The summed E-state index contributed by atoms with van der Waals surface area (Å²) in [5.41, 5.74) is 2.54. The molecule has 2 aromatic rings. The lowest BCUT2D eigenvalue weighted by molar-refractivity contribution is -0.137. The number of aryl methyl sites for hydroxylation is 1. The lowest BCUT2D eigenvalue weighted by Crippen LogP contribution is -2.27. The molecule has 6 nitrogen and oxygen atoms in total. The van der Waals surface area contributed by atoms with E-state index in [2.05, 4.69) is 0 Å². The van der Waals surface area contributed by atoms with E-state index in [0.29, 0.717) is 20.7 Å². The number of carboxylic acids is 1. The van der Waals surface area contributed by atoms with Gasteiger partial charge in [0.2, 0.25) is 0 Å². The van der Waals surface area contributed by atoms with Crippen LogP contribution in [0.3, 0.4) is 0 Å². The van der Waals surface area contributed by atoms with Crippen LogP contribution in [0.5, 0.6) is 11.5 Å². The summed E-state index contributed by atoms with van der Waals surface area (Å²) in [5.74, 6) is -0.209. The summed E-state index contributed by atoms with van der Waals surface area (Å²) < 4.78 is 11.3. The first-order valence-electron chi connectivity index (χ1n) is 8.76. The van der Waals surface area contributed by atoms with Gasteiger partial charge >= 0.3 is 5.97 Å². The Morgan fingerprint density at radius 1 is 1.24 bits per heavy atom. The first kappa shape index (κ1) is 20.9. The van der Waals surface area contributed by atoms with Crippen LogP contribution < -0.4 is 14.4 Å². The molecule has 0 spiro atoms. The predicted octanol–water partition coefficient (Wildman–Crippen LogP) is 4.26. The SMILES string of the molecule is COc1cc(/C=C2/SC(=S)N(c3cccc(C)c3)C2=O)ccc1OCCC(=O)O. The number of methoxy groups -OCH3 is 1. The molecule has 8 heteroatoms. The Morgan fingerprint density at radius 3 is 2.72 bits per heavy atom. The molecular weight excluding hydrogens is 410 g/mol. The number of thiocarbonyl (C=S) groups is 1. The molecule has 1 aliphatic rings. The Bertz CT molecular complexity index is 1000. The van der Waals surface area contributed by atoms with Crippen LogP contribution in [-0.2, 0) is 9.59 Å². The number of benzene rings is 2. The maximum Gasteiger partial charge on any atom is 0.306 e. The minimum absolute atomic E-state index is 0.0419. The third-order valence-electron chi connectivity index (χ3n) is 4.11. The van der Waals surface area contributed by atoms with E-state index in [0.717, 1.165) is 16.8 Å². The van der Waals surface area contributed by atoms with E-state index >= 15 is 0 Å². The van der Waals surface area contributed by atoms with Gasteiger partial charge in [-0.15, -0.1) is 0 Å². The van der Waals surface area contributed by atoms with E-state index in [1.165, 1.54) is 23.8 Å². The molecule has 29 heavy (non-hydrogen) atoms. The van der Waals surface area contributed by atoms with Gasteiger partial charge in [0, 0.05) is 0 Å². The van der Waals surface area contributed by atoms with Gasteiger partial charge in [-0.1, -0.05) is 42.2 Å². The Labute approximate surface area is 178 Å². The molecule has 0 aliphatic carbocycles. The molecule has 150 valence electrons. The lowest BCUT2D eigenvalue weighted by Gasteiger charge is -2.14. The number of hydrogen-bond donors (Lipinski definition) is 1. The molecule has 1 heterocycles. The number of amides is 1. The summed E-state index contributed by atoms with van der Waals surface area (Å²) in [7, 11) is 1.50. The predicted molar refractivity (Wildman–Crippen MR) is 118 cm³/mol. The van der Waals surface area contributed by atoms with Crippen LogP contribution in [0.15, 0.2) is 47.4 Å². The second-order valence-electron chi connectivity index (χ2n) is 6.26. The zero-order valence-electron chi connectivity index (χ0n) is 15.9. The fourth-order valence-electron chi connectivity index (χ4n) is 2.75. The monoisotopic (exact) mass is 429 g/mol. The van der Waals surface area contributed by atoms with Gasteiger partial charge in [-0.25, -0.2) is 0 Å². The number of nitrogens with zero attached hydrogens (tertiary/aromatic N) is 1. The number of carboxylic acid groups (broad SMARTS) is 1. The molecule has 0 aromatic heterocycles. The molecule has 0 bridgehead atoms. The molecule has 0 atom stereocenters. The van der Waals surface area contributed by atoms with Crippen molar-refractivity contribution in [3.63, 3.8) is 0 Å². The Hall–Kier alpha value is -2.84. The van der Waals surface area contributed by atoms with Crippen LogP contribution >= 0.6 is 24.0 Å². The maximum atomic E-state index is 12.9. The molecule has 1 aliphatic heterocycles. The fraction of sp³-hybridized carbons (Fsp3) is 0.190. The molecule has 0 unspecified atom stereocenters. The van der Waals surface area contributed by atoms with Gasteiger partial charge in [0.15, 0.2) is 15.8 Å². The third kappa shape index (κ3) is 4.96. The summed E-state index contributed by atoms with van der Waals surface area (Å²) in [6, 6.07) is 12.8. The van der Waals surface area contributed by atoms with Crippen LogP contribution in [-0.4, -0.2) is 35.0 Å². The van der Waals surface area contributed by atoms with Crippen molar-refractivity contribution in [1.82, 2.24) is 0 Å². The topological polar surface area (TPSA) is 76.1 Å². The Morgan fingerprint density at radius 2 is 2.03 bits per heavy atom. The second-order valence-corrected chi connectivity index (χ2v) is 7.93. The molecule has 2 aromatic carbocycles. The van der Waals surface area contributed by atoms with Crippen LogP contribution in [0.1, 0.15) is 17.5 Å². The van der Waals surface area contributed by atoms with Crippen LogP contribution in [0.2, 0.25) is 0 Å². The van der Waals surface area contributed by atoms with Crippen LogP contribution in [0.25, 0.3) is 6.08 Å². The molecule has 3 rings (SSSR count). The van der Waals surface area contributed by atoms with Gasteiger partial charge in [0.25, 0.3) is 5.91 Å². The summed E-state index contributed by atoms with van der Waals surface area (Å²) in [6.07, 6.45) is 1.64. The first-order chi connectivity index (χ1) is 13.9. The smallest absolute Gasteiger partial charge is 0.306 e. The van der Waals surface area contributed by atoms with E-state index in [-0.39, 0.29) is 18.9 Å². The van der Waals surface area contributed by atoms with Crippen molar-refractivity contribution < 1.29 is 24.2 Å². The number of aliphatic carboxylic acids is 1. The Balaban J connectivity index is 1.81. The summed E-state index contributed by atoms with van der Waals surface area (Å²) in [6.45, 7) is 2.00. The molecule has 1 amide bonds. The minimum Gasteiger partial charge on any atom is -0.493 e. The van der Waals surface area contributed by atoms with Gasteiger partial charge < -0.3 is 14.6 Å². The van der Waals surface area contributed by atoms with E-state index in [1.807, 2.05) is 31.2 Å². The summed E-state index contributed by atoms with van der Waals surface area (Å²) in [4.78, 5) is 25.6. The van der Waals surface area contributed by atoms with Gasteiger partial charge in [0.1, 0.15) is 0 Å². The number of carbonyl (C=O) groups excluding carboxylic acids is 1. The van der Waals surface area contributed by atoms with Gasteiger partial charge in [-0.05, 0) is 48.4 Å². The number of anilines is 1. The van der Waals surface area contributed by atoms with Crippen molar-refractivity contribution >= 4 is 51.9 Å². The van der Waals surface area contributed by atoms with Crippen molar-refractivity contribution in [1.29, 1.82) is 0 Å². The Kier molecular flexibility index (Phi) is 6.56. The van der Waals surface area contributed by atoms with E-state index in [1.54, 1.807) is 24.3 Å². The molecule has 1 fully saturated rings. The highest BCUT2D eigenvalue weighted by atomic mass is 32.2. The maximum absolute atomic E-state index is 12.9. The molecule has 1 saturated heterocycles. The number of carbonyl (C=O) groups is 2. The molecule has 0 saturated carbocycles. The highest BCUT2D eigenvalue weighted by Gasteiger charge is 2.33. The van der Waals surface area contributed by atoms with Crippen molar-refractivity contribution in [3.8, 4) is 11.5 Å². The van der Waals surface area contributed by atoms with Gasteiger partial charge in [-0.3, -0.25) is 14.5 Å². The van der Waals surface area contributed by atoms with Crippen LogP contribution in [0.4, 0.5) is 5.69 Å². The second kappa shape index (κ2) is 9.11. The molecular formula is C21H19NO5S2. The van der Waals surface area contributed by atoms with Crippen LogP contribution in [0, 0.1) is 6.92 Å². The van der Waals surface area contributed by atoms with Crippen molar-refractivity contribution in [2.45, 2.75) is 13.3 Å². The summed E-state index contributed by atoms with van der Waals surface area (Å²) >= 11 is 6.65. The van der Waals surface area contributed by atoms with Crippen molar-refractivity contribution in [3.05, 3.63) is 58.5 Å². The number of rotatable bonds is 7. The standard InChI is InChI=1S/C21H19NO5S2/c1-13-4-3-5-15(10-13)22-20(25)18(29-21(22)28)12-14-6-7-16(17(11-14)26-2)27-9-8-19(23)24/h3-7,10-12H,8-9H2,1-2H3,(H,23,24)/b18-12+. The number of hydrogen-bond acceptors (Lipinski definition) is 6. The summed E-state index contributed by atoms with van der Waals surface area (Å²) in [5, 5.41) is 8.72. The average Bonchev–Trinajstić information content (AvgIpc) is 2.95. The number of thioether (sulfide) groups is 1. The molecule has 1 N–H and O–H groups in total. The minimum atomic E-state index is -0.934. The fourth-order valence-corrected chi connectivity index (χ4v) is 4.05. The average molecular weight is 430 g/mol. The highest BCUT2D eigenvalue weighted by Crippen LogP contribution is 2.37. The van der Waals surface area contributed by atoms with E-state index < -0.39 is 5.97 Å². The lowest BCUT2D eigenvalue weighted by atomic mass is 10.1. The zero-order valence-corrected chi connectivity index (χ0v) is 17.5. The van der Waals surface area contributed by atoms with Gasteiger partial charge in [-0.2, -0.15) is 0 Å².